The second-order valence-electron chi connectivity index (χ2n) is 7.45. The summed E-state index contributed by atoms with van der Waals surface area (Å²) in [4.78, 5) is 28.5. The highest BCUT2D eigenvalue weighted by Crippen LogP contribution is 2.22. The fraction of sp³-hybridized carbons (Fsp3) is 0.409. The topological polar surface area (TPSA) is 83.1 Å². The first-order valence-corrected chi connectivity index (χ1v) is 9.89. The molecule has 0 bridgehead atoms. The van der Waals surface area contributed by atoms with Gasteiger partial charge in [-0.15, -0.1) is 0 Å². The summed E-state index contributed by atoms with van der Waals surface area (Å²) in [7, 11) is 0. The molecule has 1 fully saturated rings. The zero-order valence-electron chi connectivity index (χ0n) is 16.3. The Kier molecular flexibility index (Phi) is 7.14. The molecule has 0 aliphatic carbocycles. The Balaban J connectivity index is 1.48. The van der Waals surface area contributed by atoms with Gasteiger partial charge in [-0.2, -0.15) is 0 Å². The molecule has 2 aromatic rings. The van der Waals surface area contributed by atoms with Gasteiger partial charge in [-0.05, 0) is 67.6 Å². The summed E-state index contributed by atoms with van der Waals surface area (Å²) in [6.45, 7) is 4.71. The summed E-state index contributed by atoms with van der Waals surface area (Å²) in [5.41, 5.74) is 2.21. The highest BCUT2D eigenvalue weighted by molar-refractivity contribution is 6.04. The van der Waals surface area contributed by atoms with Crippen LogP contribution in [-0.4, -0.2) is 29.9 Å². The molecule has 1 aliphatic heterocycles. The van der Waals surface area contributed by atoms with Gasteiger partial charge < -0.3 is 16.0 Å². The van der Waals surface area contributed by atoms with Crippen LogP contribution in [0.2, 0.25) is 0 Å². The van der Waals surface area contributed by atoms with Crippen molar-refractivity contribution in [2.75, 3.05) is 18.4 Å². The van der Waals surface area contributed by atoms with Gasteiger partial charge >= 0.3 is 0 Å². The monoisotopic (exact) mass is 380 g/mol. The Morgan fingerprint density at radius 3 is 2.82 bits per heavy atom. The van der Waals surface area contributed by atoms with E-state index in [1.807, 2.05) is 24.3 Å². The zero-order valence-corrected chi connectivity index (χ0v) is 16.3. The Hall–Kier alpha value is -2.73. The first-order chi connectivity index (χ1) is 13.6. The van der Waals surface area contributed by atoms with E-state index in [0.29, 0.717) is 36.1 Å². The van der Waals surface area contributed by atoms with Crippen LogP contribution in [0, 0.1) is 11.8 Å². The lowest BCUT2D eigenvalue weighted by Gasteiger charge is -2.28. The van der Waals surface area contributed by atoms with Gasteiger partial charge in [0.2, 0.25) is 5.91 Å². The summed E-state index contributed by atoms with van der Waals surface area (Å²) >= 11 is 0. The molecule has 6 nitrogen and oxygen atoms in total. The number of benzene rings is 1. The van der Waals surface area contributed by atoms with Crippen molar-refractivity contribution in [1.82, 2.24) is 15.6 Å². The van der Waals surface area contributed by atoms with E-state index >= 15 is 0 Å². The minimum Gasteiger partial charge on any atom is -0.352 e. The molecular weight excluding hydrogens is 352 g/mol. The largest absolute Gasteiger partial charge is 0.352 e. The standard InChI is InChI=1S/C22H28N4O2/c1-16(19-5-3-9-24-15-19)12-21(27)25-14-17-4-2-6-20(13-17)26-22(28)18-7-10-23-11-8-18/h2,4,6-8,10-11,13,16,19,24H,3,5,9,12,14-15H2,1H3,(H,25,27)(H,26,28). The van der Waals surface area contributed by atoms with E-state index in [4.69, 9.17) is 0 Å². The Labute approximate surface area is 166 Å². The van der Waals surface area contributed by atoms with E-state index < -0.39 is 0 Å². The fourth-order valence-corrected chi connectivity index (χ4v) is 3.56. The minimum absolute atomic E-state index is 0.0734. The Morgan fingerprint density at radius 1 is 1.25 bits per heavy atom. The van der Waals surface area contributed by atoms with Crippen LogP contribution < -0.4 is 16.0 Å². The molecule has 3 rings (SSSR count). The third kappa shape index (κ3) is 5.89. The summed E-state index contributed by atoms with van der Waals surface area (Å²) in [6, 6.07) is 10.9. The maximum absolute atomic E-state index is 12.3. The van der Waals surface area contributed by atoms with Crippen molar-refractivity contribution in [2.24, 2.45) is 11.8 Å². The van der Waals surface area contributed by atoms with Crippen molar-refractivity contribution in [3.63, 3.8) is 0 Å². The average molecular weight is 380 g/mol. The highest BCUT2D eigenvalue weighted by Gasteiger charge is 2.21. The van der Waals surface area contributed by atoms with Gasteiger partial charge in [0.05, 0.1) is 0 Å². The normalized spacial score (nSPS) is 17.5. The lowest BCUT2D eigenvalue weighted by Crippen LogP contribution is -2.35. The first-order valence-electron chi connectivity index (χ1n) is 9.89. The van der Waals surface area contributed by atoms with Crippen LogP contribution in [0.4, 0.5) is 5.69 Å². The molecule has 0 saturated carbocycles. The van der Waals surface area contributed by atoms with Crippen LogP contribution in [0.5, 0.6) is 0 Å². The molecule has 1 aromatic carbocycles. The van der Waals surface area contributed by atoms with Gasteiger partial charge in [0.1, 0.15) is 0 Å². The van der Waals surface area contributed by atoms with Crippen LogP contribution in [0.25, 0.3) is 0 Å². The molecule has 148 valence electrons. The van der Waals surface area contributed by atoms with Crippen molar-refractivity contribution >= 4 is 17.5 Å². The van der Waals surface area contributed by atoms with Crippen LogP contribution in [0.3, 0.4) is 0 Å². The minimum atomic E-state index is -0.182. The highest BCUT2D eigenvalue weighted by atomic mass is 16.2. The molecule has 1 aromatic heterocycles. The maximum Gasteiger partial charge on any atom is 0.255 e. The van der Waals surface area contributed by atoms with E-state index in [0.717, 1.165) is 18.7 Å². The first kappa shape index (κ1) is 20.0. The zero-order chi connectivity index (χ0) is 19.8. The molecule has 3 N–H and O–H groups in total. The average Bonchev–Trinajstić information content (AvgIpc) is 2.74. The number of carbonyl (C=O) groups is 2. The number of carbonyl (C=O) groups excluding carboxylic acids is 2. The summed E-state index contributed by atoms with van der Waals surface area (Å²) in [5.74, 6) is 0.841. The second-order valence-corrected chi connectivity index (χ2v) is 7.45. The number of hydrogen-bond donors (Lipinski definition) is 3. The molecule has 1 aliphatic rings. The predicted molar refractivity (Wildman–Crippen MR) is 110 cm³/mol. The van der Waals surface area contributed by atoms with Crippen LogP contribution in [0.15, 0.2) is 48.8 Å². The number of rotatable bonds is 7. The van der Waals surface area contributed by atoms with Crippen molar-refractivity contribution in [3.8, 4) is 0 Å². The van der Waals surface area contributed by atoms with E-state index in [1.165, 1.54) is 12.8 Å². The predicted octanol–water partition coefficient (Wildman–Crippen LogP) is 2.98. The van der Waals surface area contributed by atoms with E-state index in [-0.39, 0.29) is 11.8 Å². The third-order valence-corrected chi connectivity index (χ3v) is 5.26. The molecule has 0 spiro atoms. The molecule has 2 amide bonds. The van der Waals surface area contributed by atoms with E-state index in [9.17, 15) is 9.59 Å². The molecule has 6 heteroatoms. The van der Waals surface area contributed by atoms with Crippen LogP contribution in [-0.2, 0) is 11.3 Å². The van der Waals surface area contributed by atoms with Crippen molar-refractivity contribution in [3.05, 3.63) is 59.9 Å². The molecule has 1 saturated heterocycles. The van der Waals surface area contributed by atoms with Gasteiger partial charge in [0.15, 0.2) is 0 Å². The van der Waals surface area contributed by atoms with Crippen LogP contribution in [0.1, 0.15) is 42.1 Å². The molecule has 0 radical (unpaired) electrons. The van der Waals surface area contributed by atoms with Crippen molar-refractivity contribution < 1.29 is 9.59 Å². The molecule has 2 atom stereocenters. The quantitative estimate of drug-likeness (QED) is 0.690. The van der Waals surface area contributed by atoms with Crippen LogP contribution >= 0.6 is 0 Å². The second kappa shape index (κ2) is 9.99. The number of nitrogens with one attached hydrogen (secondary N) is 3. The Bertz CT molecular complexity index is 788. The number of pyridine rings is 1. The summed E-state index contributed by atoms with van der Waals surface area (Å²) in [5, 5.41) is 9.29. The fourth-order valence-electron chi connectivity index (χ4n) is 3.56. The SMILES string of the molecule is CC(CC(=O)NCc1cccc(NC(=O)c2ccncc2)c1)C1CCCNC1. The lowest BCUT2D eigenvalue weighted by molar-refractivity contribution is -0.122. The van der Waals surface area contributed by atoms with Gasteiger partial charge in [-0.3, -0.25) is 14.6 Å². The van der Waals surface area contributed by atoms with Gasteiger partial charge in [-0.25, -0.2) is 0 Å². The van der Waals surface area contributed by atoms with Gasteiger partial charge in [0, 0.05) is 36.6 Å². The summed E-state index contributed by atoms with van der Waals surface area (Å²) < 4.78 is 0. The maximum atomic E-state index is 12.3. The lowest BCUT2D eigenvalue weighted by atomic mass is 9.85. The number of aromatic nitrogens is 1. The molecule has 28 heavy (non-hydrogen) atoms. The number of amides is 2. The number of piperidine rings is 1. The van der Waals surface area contributed by atoms with Gasteiger partial charge in [0.25, 0.3) is 5.91 Å². The molecule has 2 unspecified atom stereocenters. The number of anilines is 1. The van der Waals surface area contributed by atoms with Gasteiger partial charge in [-0.1, -0.05) is 19.1 Å². The molecular formula is C22H28N4O2. The number of nitrogens with zero attached hydrogens (tertiary/aromatic N) is 1. The summed E-state index contributed by atoms with van der Waals surface area (Å²) in [6.07, 6.45) is 6.11. The van der Waals surface area contributed by atoms with Crippen molar-refractivity contribution in [1.29, 1.82) is 0 Å². The Morgan fingerprint density at radius 2 is 2.07 bits per heavy atom. The number of hydrogen-bond acceptors (Lipinski definition) is 4. The molecule has 2 heterocycles. The van der Waals surface area contributed by atoms with Crippen molar-refractivity contribution in [2.45, 2.75) is 32.7 Å². The van der Waals surface area contributed by atoms with E-state index in [2.05, 4.69) is 27.9 Å². The third-order valence-electron chi connectivity index (χ3n) is 5.26. The van der Waals surface area contributed by atoms with E-state index in [1.54, 1.807) is 24.5 Å². The smallest absolute Gasteiger partial charge is 0.255 e.